The zero-order chi connectivity index (χ0) is 17.7. The van der Waals surface area contributed by atoms with Crippen LogP contribution in [-0.2, 0) is 10.9 Å². The summed E-state index contributed by atoms with van der Waals surface area (Å²) in [6.45, 7) is 1.78. The number of alkyl halides is 3. The average Bonchev–Trinajstić information content (AvgIpc) is 2.54. The van der Waals surface area contributed by atoms with Crippen LogP contribution in [0.5, 0.6) is 0 Å². The molecule has 0 radical (unpaired) electrons. The highest BCUT2D eigenvalue weighted by molar-refractivity contribution is 6.03. The summed E-state index contributed by atoms with van der Waals surface area (Å²) in [5.74, 6) is -1.42. The third-order valence-corrected chi connectivity index (χ3v) is 2.91. The van der Waals surface area contributed by atoms with Gasteiger partial charge in [0.25, 0.3) is 5.91 Å². The molecule has 0 aliphatic rings. The molecule has 1 aromatic heterocycles. The maximum Gasteiger partial charge on any atom is 0.416 e. The smallest absolute Gasteiger partial charge is 0.416 e. The lowest BCUT2D eigenvalue weighted by Gasteiger charge is -2.10. The zero-order valence-corrected chi connectivity index (χ0v) is 12.6. The second-order valence-electron chi connectivity index (χ2n) is 4.66. The highest BCUT2D eigenvalue weighted by Crippen LogP contribution is 2.30. The predicted octanol–water partition coefficient (Wildman–Crippen LogP) is 3.53. The Morgan fingerprint density at radius 3 is 2.46 bits per heavy atom. The molecular formula is C16H13F3N2O3. The molecule has 24 heavy (non-hydrogen) atoms. The fraction of sp³-hybridized carbons (Fsp3) is 0.188. The highest BCUT2D eigenvalue weighted by Gasteiger charge is 2.30. The topological polar surface area (TPSA) is 68.3 Å². The number of anilines is 1. The van der Waals surface area contributed by atoms with Crippen LogP contribution in [0.3, 0.4) is 0 Å². The number of nitrogens with zero attached hydrogens (tertiary/aromatic N) is 1. The molecule has 8 heteroatoms. The van der Waals surface area contributed by atoms with Crippen molar-refractivity contribution < 1.29 is 27.5 Å². The first-order valence-electron chi connectivity index (χ1n) is 6.94. The van der Waals surface area contributed by atoms with E-state index in [2.05, 4.69) is 10.3 Å². The first kappa shape index (κ1) is 17.5. The minimum atomic E-state index is -4.51. The van der Waals surface area contributed by atoms with Gasteiger partial charge in [0, 0.05) is 5.69 Å². The van der Waals surface area contributed by atoms with Gasteiger partial charge < -0.3 is 10.1 Å². The van der Waals surface area contributed by atoms with E-state index < -0.39 is 23.6 Å². The normalized spacial score (nSPS) is 11.0. The number of amides is 1. The van der Waals surface area contributed by atoms with Crippen molar-refractivity contribution in [3.8, 4) is 0 Å². The zero-order valence-electron chi connectivity index (χ0n) is 12.6. The number of carbonyl (C=O) groups is 2. The van der Waals surface area contributed by atoms with Gasteiger partial charge in [-0.05, 0) is 37.3 Å². The van der Waals surface area contributed by atoms with Crippen LogP contribution in [0.4, 0.5) is 18.9 Å². The third-order valence-electron chi connectivity index (χ3n) is 2.91. The molecule has 0 unspecified atom stereocenters. The largest absolute Gasteiger partial charge is 0.461 e. The van der Waals surface area contributed by atoms with Crippen molar-refractivity contribution in [2.45, 2.75) is 13.1 Å². The van der Waals surface area contributed by atoms with Gasteiger partial charge in [0.15, 0.2) is 0 Å². The van der Waals surface area contributed by atoms with E-state index in [1.54, 1.807) is 6.92 Å². The minimum Gasteiger partial charge on any atom is -0.461 e. The molecule has 1 N–H and O–H groups in total. The summed E-state index contributed by atoms with van der Waals surface area (Å²) in [5, 5.41) is 2.32. The van der Waals surface area contributed by atoms with E-state index in [9.17, 15) is 22.8 Å². The number of halogens is 3. The van der Waals surface area contributed by atoms with Gasteiger partial charge >= 0.3 is 12.1 Å². The van der Waals surface area contributed by atoms with Crippen molar-refractivity contribution in [2.24, 2.45) is 0 Å². The lowest BCUT2D eigenvalue weighted by molar-refractivity contribution is -0.137. The number of esters is 1. The van der Waals surface area contributed by atoms with Crippen molar-refractivity contribution in [1.29, 1.82) is 0 Å². The number of carbonyl (C=O) groups excluding carboxylic acids is 2. The summed E-state index contributed by atoms with van der Waals surface area (Å²) in [7, 11) is 0. The second-order valence-corrected chi connectivity index (χ2v) is 4.66. The van der Waals surface area contributed by atoms with Gasteiger partial charge in [-0.15, -0.1) is 0 Å². The van der Waals surface area contributed by atoms with Gasteiger partial charge in [-0.2, -0.15) is 13.2 Å². The van der Waals surface area contributed by atoms with Gasteiger partial charge in [0.05, 0.1) is 12.2 Å². The number of rotatable bonds is 4. The fourth-order valence-corrected chi connectivity index (χ4v) is 1.85. The molecule has 1 heterocycles. The van der Waals surface area contributed by atoms with Crippen molar-refractivity contribution in [3.05, 3.63) is 59.4 Å². The quantitative estimate of drug-likeness (QED) is 0.866. The monoisotopic (exact) mass is 338 g/mol. The lowest BCUT2D eigenvalue weighted by atomic mass is 10.2. The molecule has 0 saturated heterocycles. The minimum absolute atomic E-state index is 0.0295. The van der Waals surface area contributed by atoms with Crippen LogP contribution in [0, 0.1) is 0 Å². The van der Waals surface area contributed by atoms with E-state index in [0.29, 0.717) is 0 Å². The fourth-order valence-electron chi connectivity index (χ4n) is 1.85. The molecule has 0 aliphatic carbocycles. The molecule has 126 valence electrons. The van der Waals surface area contributed by atoms with Gasteiger partial charge in [-0.1, -0.05) is 12.1 Å². The summed E-state index contributed by atoms with van der Waals surface area (Å²) in [6, 6.07) is 8.36. The van der Waals surface area contributed by atoms with Gasteiger partial charge in [-0.25, -0.2) is 9.78 Å². The van der Waals surface area contributed by atoms with E-state index in [1.165, 1.54) is 30.3 Å². The summed E-state index contributed by atoms with van der Waals surface area (Å²) in [5.41, 5.74) is -1.08. The third kappa shape index (κ3) is 4.31. The standard InChI is InChI=1S/C16H13F3N2O3/c1-2-24-15(23)13-8-4-7-12(21-13)14(22)20-11-6-3-5-10(9-11)16(17,18)19/h3-9H,2H2,1H3,(H,20,22). The van der Waals surface area contributed by atoms with Crippen LogP contribution in [0.25, 0.3) is 0 Å². The molecule has 1 aromatic carbocycles. The van der Waals surface area contributed by atoms with E-state index >= 15 is 0 Å². The van der Waals surface area contributed by atoms with Gasteiger partial charge in [-0.3, -0.25) is 4.79 Å². The van der Waals surface area contributed by atoms with E-state index in [0.717, 1.165) is 12.1 Å². The molecule has 1 amide bonds. The van der Waals surface area contributed by atoms with Crippen molar-refractivity contribution in [2.75, 3.05) is 11.9 Å². The number of aromatic nitrogens is 1. The van der Waals surface area contributed by atoms with Crippen molar-refractivity contribution >= 4 is 17.6 Å². The number of hydrogen-bond donors (Lipinski definition) is 1. The predicted molar refractivity (Wildman–Crippen MR) is 79.6 cm³/mol. The highest BCUT2D eigenvalue weighted by atomic mass is 19.4. The van der Waals surface area contributed by atoms with Gasteiger partial charge in [0.2, 0.25) is 0 Å². The molecule has 2 rings (SSSR count). The number of hydrogen-bond acceptors (Lipinski definition) is 4. The molecule has 0 spiro atoms. The first-order chi connectivity index (χ1) is 11.3. The molecule has 5 nitrogen and oxygen atoms in total. The molecule has 0 aliphatic heterocycles. The van der Waals surface area contributed by atoms with Crippen LogP contribution in [0.2, 0.25) is 0 Å². The molecule has 2 aromatic rings. The van der Waals surface area contributed by atoms with Crippen LogP contribution in [0.1, 0.15) is 33.5 Å². The Labute approximate surface area is 135 Å². The molecule has 0 atom stereocenters. The number of nitrogens with one attached hydrogen (secondary N) is 1. The van der Waals surface area contributed by atoms with Crippen LogP contribution in [-0.4, -0.2) is 23.5 Å². The SMILES string of the molecule is CCOC(=O)c1cccc(C(=O)Nc2cccc(C(F)(F)F)c2)n1. The Hall–Kier alpha value is -2.90. The molecule has 0 fully saturated rings. The molecule has 0 bridgehead atoms. The molecule has 0 saturated carbocycles. The van der Waals surface area contributed by atoms with Crippen molar-refractivity contribution in [1.82, 2.24) is 4.98 Å². The summed E-state index contributed by atoms with van der Waals surface area (Å²) in [6.07, 6.45) is -4.51. The average molecular weight is 338 g/mol. The first-order valence-corrected chi connectivity index (χ1v) is 6.94. The summed E-state index contributed by atoms with van der Waals surface area (Å²) >= 11 is 0. The number of pyridine rings is 1. The van der Waals surface area contributed by atoms with Crippen molar-refractivity contribution in [3.63, 3.8) is 0 Å². The lowest BCUT2D eigenvalue weighted by Crippen LogP contribution is -2.17. The maximum atomic E-state index is 12.7. The van der Waals surface area contributed by atoms with Crippen LogP contribution < -0.4 is 5.32 Å². The Morgan fingerprint density at radius 2 is 1.79 bits per heavy atom. The number of benzene rings is 1. The number of ether oxygens (including phenoxy) is 1. The summed E-state index contributed by atoms with van der Waals surface area (Å²) in [4.78, 5) is 27.5. The van der Waals surface area contributed by atoms with E-state index in [4.69, 9.17) is 4.74 Å². The Balaban J connectivity index is 2.19. The molecular weight excluding hydrogens is 325 g/mol. The van der Waals surface area contributed by atoms with Crippen LogP contribution in [0.15, 0.2) is 42.5 Å². The van der Waals surface area contributed by atoms with E-state index in [-0.39, 0.29) is 23.7 Å². The Bertz CT molecular complexity index is 760. The van der Waals surface area contributed by atoms with Crippen LogP contribution >= 0.6 is 0 Å². The van der Waals surface area contributed by atoms with Gasteiger partial charge in [0.1, 0.15) is 11.4 Å². The second kappa shape index (κ2) is 7.12. The summed E-state index contributed by atoms with van der Waals surface area (Å²) < 4.78 is 42.8. The Morgan fingerprint density at radius 1 is 1.12 bits per heavy atom. The maximum absolute atomic E-state index is 12.7. The van der Waals surface area contributed by atoms with E-state index in [1.807, 2.05) is 0 Å². The Kier molecular flexibility index (Phi) is 5.18.